The summed E-state index contributed by atoms with van der Waals surface area (Å²) in [6.07, 6.45) is 6.83. The predicted octanol–water partition coefficient (Wildman–Crippen LogP) is 2.11. The topological polar surface area (TPSA) is 78.0 Å². The van der Waals surface area contributed by atoms with Crippen molar-refractivity contribution in [2.75, 3.05) is 13.2 Å². The Bertz CT molecular complexity index is 577. The van der Waals surface area contributed by atoms with E-state index in [1.165, 1.54) is 0 Å². The van der Waals surface area contributed by atoms with E-state index in [2.05, 4.69) is 27.5 Å². The van der Waals surface area contributed by atoms with E-state index < -0.39 is 0 Å². The molecule has 7 nitrogen and oxygen atoms in total. The van der Waals surface area contributed by atoms with E-state index in [4.69, 9.17) is 9.26 Å². The van der Waals surface area contributed by atoms with Crippen molar-refractivity contribution >= 4 is 0 Å². The SMILES string of the molecule is Cc1noc([C@H](N[C@@H](C)CCn2cccn2)C2CCOCC2)n1. The highest BCUT2D eigenvalue weighted by Crippen LogP contribution is 2.29. The molecule has 1 aliphatic rings. The van der Waals surface area contributed by atoms with Crippen LogP contribution in [-0.2, 0) is 11.3 Å². The number of aryl methyl sites for hydroxylation is 2. The van der Waals surface area contributed by atoms with Crippen LogP contribution in [0.2, 0.25) is 0 Å². The van der Waals surface area contributed by atoms with E-state index in [1.54, 1.807) is 0 Å². The monoisotopic (exact) mass is 319 g/mol. The maximum atomic E-state index is 5.49. The lowest BCUT2D eigenvalue weighted by Crippen LogP contribution is -2.38. The molecule has 0 bridgehead atoms. The molecular weight excluding hydrogens is 294 g/mol. The van der Waals surface area contributed by atoms with Crippen molar-refractivity contribution in [2.45, 2.75) is 51.7 Å². The summed E-state index contributed by atoms with van der Waals surface area (Å²) in [4.78, 5) is 4.45. The normalized spacial score (nSPS) is 18.9. The van der Waals surface area contributed by atoms with Crippen LogP contribution in [-0.4, -0.2) is 39.2 Å². The van der Waals surface area contributed by atoms with Crippen molar-refractivity contribution in [3.63, 3.8) is 0 Å². The van der Waals surface area contributed by atoms with Gasteiger partial charge in [0.15, 0.2) is 5.82 Å². The smallest absolute Gasteiger partial charge is 0.244 e. The predicted molar refractivity (Wildman–Crippen MR) is 84.8 cm³/mol. The van der Waals surface area contributed by atoms with Gasteiger partial charge in [-0.3, -0.25) is 4.68 Å². The third kappa shape index (κ3) is 4.39. The molecule has 1 N–H and O–H groups in total. The fraction of sp³-hybridized carbons (Fsp3) is 0.688. The molecule has 126 valence electrons. The molecule has 2 aromatic heterocycles. The van der Waals surface area contributed by atoms with Gasteiger partial charge in [-0.2, -0.15) is 10.1 Å². The van der Waals surface area contributed by atoms with Crippen molar-refractivity contribution in [1.82, 2.24) is 25.2 Å². The summed E-state index contributed by atoms with van der Waals surface area (Å²) in [5.41, 5.74) is 0. The molecule has 2 atom stereocenters. The molecule has 1 fully saturated rings. The fourth-order valence-electron chi connectivity index (χ4n) is 3.05. The molecular formula is C16H25N5O2. The molecule has 3 heterocycles. The Labute approximate surface area is 136 Å². The van der Waals surface area contributed by atoms with Crippen LogP contribution in [0.25, 0.3) is 0 Å². The van der Waals surface area contributed by atoms with Gasteiger partial charge in [0.1, 0.15) is 0 Å². The summed E-state index contributed by atoms with van der Waals surface area (Å²) in [6, 6.07) is 2.37. The molecule has 0 aromatic carbocycles. The van der Waals surface area contributed by atoms with Gasteiger partial charge in [-0.15, -0.1) is 0 Å². The number of nitrogens with zero attached hydrogens (tertiary/aromatic N) is 4. The summed E-state index contributed by atoms with van der Waals surface area (Å²) >= 11 is 0. The van der Waals surface area contributed by atoms with Gasteiger partial charge in [-0.25, -0.2) is 0 Å². The van der Waals surface area contributed by atoms with E-state index in [-0.39, 0.29) is 6.04 Å². The minimum absolute atomic E-state index is 0.0905. The highest BCUT2D eigenvalue weighted by molar-refractivity contribution is 4.96. The molecule has 0 aliphatic carbocycles. The first-order valence-corrected chi connectivity index (χ1v) is 8.34. The number of ether oxygens (including phenoxy) is 1. The molecule has 0 radical (unpaired) electrons. The van der Waals surface area contributed by atoms with Crippen LogP contribution in [0, 0.1) is 12.8 Å². The maximum Gasteiger partial charge on any atom is 0.244 e. The van der Waals surface area contributed by atoms with Crippen LogP contribution in [0.4, 0.5) is 0 Å². The fourth-order valence-corrected chi connectivity index (χ4v) is 3.05. The average Bonchev–Trinajstić information content (AvgIpc) is 3.23. The second kappa shape index (κ2) is 7.70. The summed E-state index contributed by atoms with van der Waals surface area (Å²) < 4.78 is 12.9. The number of nitrogens with one attached hydrogen (secondary N) is 1. The van der Waals surface area contributed by atoms with Crippen molar-refractivity contribution in [1.29, 1.82) is 0 Å². The first-order valence-electron chi connectivity index (χ1n) is 8.34. The second-order valence-electron chi connectivity index (χ2n) is 6.23. The van der Waals surface area contributed by atoms with Crippen LogP contribution in [0.15, 0.2) is 23.0 Å². The highest BCUT2D eigenvalue weighted by atomic mass is 16.5. The molecule has 0 amide bonds. The van der Waals surface area contributed by atoms with Crippen LogP contribution in [0.3, 0.4) is 0 Å². The minimum Gasteiger partial charge on any atom is -0.381 e. The molecule has 3 rings (SSSR count). The lowest BCUT2D eigenvalue weighted by atomic mass is 9.91. The van der Waals surface area contributed by atoms with E-state index in [0.717, 1.165) is 39.0 Å². The van der Waals surface area contributed by atoms with Gasteiger partial charge in [0.2, 0.25) is 5.89 Å². The minimum atomic E-state index is 0.0905. The largest absolute Gasteiger partial charge is 0.381 e. The van der Waals surface area contributed by atoms with Gasteiger partial charge < -0.3 is 14.6 Å². The molecule has 7 heteroatoms. The zero-order valence-corrected chi connectivity index (χ0v) is 13.8. The first-order chi connectivity index (χ1) is 11.2. The lowest BCUT2D eigenvalue weighted by Gasteiger charge is -2.30. The average molecular weight is 319 g/mol. The first kappa shape index (κ1) is 16.1. The Morgan fingerprint density at radius 1 is 1.39 bits per heavy atom. The molecule has 1 saturated heterocycles. The third-order valence-electron chi connectivity index (χ3n) is 4.36. The van der Waals surface area contributed by atoms with Crippen molar-refractivity contribution in [2.24, 2.45) is 5.92 Å². The molecule has 2 aromatic rings. The van der Waals surface area contributed by atoms with Gasteiger partial charge >= 0.3 is 0 Å². The Morgan fingerprint density at radius 2 is 2.22 bits per heavy atom. The zero-order chi connectivity index (χ0) is 16.1. The molecule has 23 heavy (non-hydrogen) atoms. The summed E-state index contributed by atoms with van der Waals surface area (Å²) in [5, 5.41) is 11.9. The molecule has 1 aliphatic heterocycles. The van der Waals surface area contributed by atoms with Crippen molar-refractivity contribution in [3.8, 4) is 0 Å². The van der Waals surface area contributed by atoms with Gasteiger partial charge in [-0.05, 0) is 45.1 Å². The van der Waals surface area contributed by atoms with Crippen LogP contribution < -0.4 is 5.32 Å². The Kier molecular flexibility index (Phi) is 5.40. The second-order valence-corrected chi connectivity index (χ2v) is 6.23. The highest BCUT2D eigenvalue weighted by Gasteiger charge is 2.30. The standard InChI is InChI=1S/C16H25N5O2/c1-12(4-9-21-8-3-7-17-21)18-15(14-5-10-22-11-6-14)16-19-13(2)20-23-16/h3,7-8,12,14-15,18H,4-6,9-11H2,1-2H3/t12-,15+/m0/s1. The van der Waals surface area contributed by atoms with Gasteiger partial charge in [0.05, 0.1) is 6.04 Å². The van der Waals surface area contributed by atoms with Gasteiger partial charge in [0, 0.05) is 38.2 Å². The van der Waals surface area contributed by atoms with Gasteiger partial charge in [-0.1, -0.05) is 5.16 Å². The van der Waals surface area contributed by atoms with E-state index in [0.29, 0.717) is 23.7 Å². The third-order valence-corrected chi connectivity index (χ3v) is 4.36. The quantitative estimate of drug-likeness (QED) is 0.842. The summed E-state index contributed by atoms with van der Waals surface area (Å²) in [6.45, 7) is 6.55. The van der Waals surface area contributed by atoms with Crippen LogP contribution in [0.5, 0.6) is 0 Å². The number of hydrogen-bond acceptors (Lipinski definition) is 6. The van der Waals surface area contributed by atoms with Crippen LogP contribution in [0.1, 0.15) is 43.9 Å². The van der Waals surface area contributed by atoms with Crippen LogP contribution >= 0.6 is 0 Å². The Balaban J connectivity index is 1.62. The lowest BCUT2D eigenvalue weighted by molar-refractivity contribution is 0.0468. The molecule has 0 saturated carbocycles. The summed E-state index contributed by atoms with van der Waals surface area (Å²) in [5.74, 6) is 1.85. The zero-order valence-electron chi connectivity index (χ0n) is 13.8. The van der Waals surface area contributed by atoms with Gasteiger partial charge in [0.25, 0.3) is 0 Å². The van der Waals surface area contributed by atoms with E-state index >= 15 is 0 Å². The molecule has 0 spiro atoms. The van der Waals surface area contributed by atoms with E-state index in [1.807, 2.05) is 30.1 Å². The number of hydrogen-bond donors (Lipinski definition) is 1. The number of rotatable bonds is 7. The van der Waals surface area contributed by atoms with Crippen molar-refractivity contribution < 1.29 is 9.26 Å². The maximum absolute atomic E-state index is 5.49. The van der Waals surface area contributed by atoms with Crippen molar-refractivity contribution in [3.05, 3.63) is 30.2 Å². The van der Waals surface area contributed by atoms with E-state index in [9.17, 15) is 0 Å². The summed E-state index contributed by atoms with van der Waals surface area (Å²) in [7, 11) is 0. The Hall–Kier alpha value is -1.73. The Morgan fingerprint density at radius 3 is 2.87 bits per heavy atom. The number of aromatic nitrogens is 4. The molecule has 0 unspecified atom stereocenters.